The van der Waals surface area contributed by atoms with E-state index in [-0.39, 0.29) is 11.7 Å². The smallest absolute Gasteiger partial charge is 0.358 e. The Morgan fingerprint density at radius 3 is 2.59 bits per heavy atom. The van der Waals surface area contributed by atoms with E-state index >= 15 is 0 Å². The lowest BCUT2D eigenvalue weighted by Gasteiger charge is -2.15. The highest BCUT2D eigenvalue weighted by Crippen LogP contribution is 2.23. The highest BCUT2D eigenvalue weighted by molar-refractivity contribution is 7.13. The van der Waals surface area contributed by atoms with Gasteiger partial charge >= 0.3 is 5.97 Å². The molecular formula is C19H20N4O3S. The molecule has 0 spiro atoms. The minimum atomic E-state index is -0.963. The maximum absolute atomic E-state index is 12.3. The van der Waals surface area contributed by atoms with Crippen molar-refractivity contribution in [2.75, 3.05) is 5.32 Å². The number of carbonyl (C=O) groups excluding carboxylic acids is 2. The van der Waals surface area contributed by atoms with Gasteiger partial charge in [-0.05, 0) is 20.8 Å². The van der Waals surface area contributed by atoms with Crippen molar-refractivity contribution in [3.05, 3.63) is 53.7 Å². The summed E-state index contributed by atoms with van der Waals surface area (Å²) >= 11 is 1.35. The molecule has 2 aromatic heterocycles. The Morgan fingerprint density at radius 2 is 1.89 bits per heavy atom. The first kappa shape index (κ1) is 18.8. The zero-order valence-corrected chi connectivity index (χ0v) is 16.1. The average molecular weight is 384 g/mol. The fraction of sp³-hybridized carbons (Fsp3) is 0.263. The molecule has 0 saturated heterocycles. The fourth-order valence-corrected chi connectivity index (χ4v) is 3.20. The maximum Gasteiger partial charge on any atom is 0.358 e. The molecule has 140 valence electrons. The van der Waals surface area contributed by atoms with Gasteiger partial charge in [-0.15, -0.1) is 11.3 Å². The van der Waals surface area contributed by atoms with Crippen LogP contribution in [0, 0.1) is 0 Å². The van der Waals surface area contributed by atoms with Gasteiger partial charge in [0.05, 0.1) is 6.20 Å². The lowest BCUT2D eigenvalue weighted by Crippen LogP contribution is -2.31. The summed E-state index contributed by atoms with van der Waals surface area (Å²) < 4.78 is 6.94. The van der Waals surface area contributed by atoms with Gasteiger partial charge < -0.3 is 10.1 Å². The number of hydrogen-bond acceptors (Lipinski definition) is 6. The van der Waals surface area contributed by atoms with Gasteiger partial charge in [0.15, 0.2) is 11.8 Å². The second-order valence-corrected chi connectivity index (χ2v) is 7.05. The molecule has 1 atom stereocenters. The van der Waals surface area contributed by atoms with Gasteiger partial charge in [0.1, 0.15) is 10.8 Å². The van der Waals surface area contributed by atoms with Crippen molar-refractivity contribution in [1.82, 2.24) is 14.8 Å². The molecule has 0 aliphatic heterocycles. The first-order valence-corrected chi connectivity index (χ1v) is 9.40. The summed E-state index contributed by atoms with van der Waals surface area (Å²) in [5.41, 5.74) is 1.11. The fourth-order valence-electron chi connectivity index (χ4n) is 2.41. The Kier molecular flexibility index (Phi) is 5.66. The Hall–Kier alpha value is -3.00. The highest BCUT2D eigenvalue weighted by Gasteiger charge is 2.22. The first-order valence-electron chi connectivity index (χ1n) is 8.52. The van der Waals surface area contributed by atoms with Crippen molar-refractivity contribution >= 4 is 29.0 Å². The number of amides is 1. The van der Waals surface area contributed by atoms with Crippen molar-refractivity contribution in [3.63, 3.8) is 0 Å². The molecule has 0 unspecified atom stereocenters. The summed E-state index contributed by atoms with van der Waals surface area (Å²) in [7, 11) is 0. The number of carbonyl (C=O) groups is 2. The van der Waals surface area contributed by atoms with E-state index in [2.05, 4.69) is 15.4 Å². The number of benzene rings is 1. The van der Waals surface area contributed by atoms with Crippen LogP contribution in [0.2, 0.25) is 0 Å². The Bertz CT molecular complexity index is 933. The molecule has 0 aliphatic rings. The zero-order chi connectivity index (χ0) is 19.4. The third-order valence-corrected chi connectivity index (χ3v) is 4.69. The van der Waals surface area contributed by atoms with Gasteiger partial charge in [-0.3, -0.25) is 4.79 Å². The molecule has 3 aromatic rings. The summed E-state index contributed by atoms with van der Waals surface area (Å²) in [6.07, 6.45) is 0.641. The molecule has 27 heavy (non-hydrogen) atoms. The molecule has 1 N–H and O–H groups in total. The Morgan fingerprint density at radius 1 is 1.15 bits per heavy atom. The number of aromatic nitrogens is 3. The SMILES string of the molecule is CC(C)n1nccc1NC(=O)[C@H](C)OC(=O)c1csc(-c2ccccc2)n1. The van der Waals surface area contributed by atoms with E-state index in [0.717, 1.165) is 10.6 Å². The zero-order valence-electron chi connectivity index (χ0n) is 15.2. The van der Waals surface area contributed by atoms with Crippen molar-refractivity contribution in [3.8, 4) is 10.6 Å². The number of esters is 1. The van der Waals surface area contributed by atoms with E-state index in [9.17, 15) is 9.59 Å². The summed E-state index contributed by atoms with van der Waals surface area (Å²) in [6, 6.07) is 11.4. The van der Waals surface area contributed by atoms with Gasteiger partial charge in [-0.1, -0.05) is 30.3 Å². The van der Waals surface area contributed by atoms with Gasteiger partial charge in [-0.2, -0.15) is 5.10 Å². The van der Waals surface area contributed by atoms with E-state index < -0.39 is 18.0 Å². The normalized spacial score (nSPS) is 12.0. The molecule has 0 aliphatic carbocycles. The topological polar surface area (TPSA) is 86.1 Å². The third kappa shape index (κ3) is 4.40. The van der Waals surface area contributed by atoms with Crippen LogP contribution in [0.4, 0.5) is 5.82 Å². The summed E-state index contributed by atoms with van der Waals surface area (Å²) in [5, 5.41) is 9.23. The monoisotopic (exact) mass is 384 g/mol. The number of ether oxygens (including phenoxy) is 1. The molecule has 8 heteroatoms. The van der Waals surface area contributed by atoms with E-state index in [1.54, 1.807) is 22.3 Å². The molecule has 0 fully saturated rings. The Balaban J connectivity index is 1.63. The number of anilines is 1. The predicted octanol–water partition coefficient (Wildman–Crippen LogP) is 3.77. The van der Waals surface area contributed by atoms with Crippen molar-refractivity contribution < 1.29 is 14.3 Å². The van der Waals surface area contributed by atoms with Gasteiger partial charge in [0.2, 0.25) is 0 Å². The molecule has 0 radical (unpaired) electrons. The second-order valence-electron chi connectivity index (χ2n) is 6.20. The molecular weight excluding hydrogens is 364 g/mol. The first-order chi connectivity index (χ1) is 13.0. The predicted molar refractivity (Wildman–Crippen MR) is 104 cm³/mol. The van der Waals surface area contributed by atoms with Crippen LogP contribution in [0.15, 0.2) is 48.0 Å². The number of rotatable bonds is 6. The van der Waals surface area contributed by atoms with Crippen LogP contribution in [0.5, 0.6) is 0 Å². The van der Waals surface area contributed by atoms with Crippen LogP contribution in [0.1, 0.15) is 37.3 Å². The van der Waals surface area contributed by atoms with E-state index in [1.807, 2.05) is 44.2 Å². The van der Waals surface area contributed by atoms with E-state index in [4.69, 9.17) is 4.74 Å². The lowest BCUT2D eigenvalue weighted by molar-refractivity contribution is -0.123. The van der Waals surface area contributed by atoms with Crippen LogP contribution < -0.4 is 5.32 Å². The molecule has 3 rings (SSSR count). The maximum atomic E-state index is 12.3. The number of nitrogens with one attached hydrogen (secondary N) is 1. The van der Waals surface area contributed by atoms with Crippen LogP contribution in [-0.2, 0) is 9.53 Å². The van der Waals surface area contributed by atoms with E-state index in [1.165, 1.54) is 18.3 Å². The summed E-state index contributed by atoms with van der Waals surface area (Å²) in [4.78, 5) is 28.9. The number of thiazole rings is 1. The number of nitrogens with zero attached hydrogens (tertiary/aromatic N) is 3. The van der Waals surface area contributed by atoms with Gasteiger partial charge in [-0.25, -0.2) is 14.5 Å². The molecule has 2 heterocycles. The third-order valence-electron chi connectivity index (χ3n) is 3.80. The quantitative estimate of drug-likeness (QED) is 0.654. The van der Waals surface area contributed by atoms with Crippen molar-refractivity contribution in [2.24, 2.45) is 0 Å². The lowest BCUT2D eigenvalue weighted by atomic mass is 10.2. The molecule has 0 bridgehead atoms. The highest BCUT2D eigenvalue weighted by atomic mass is 32.1. The van der Waals surface area contributed by atoms with Crippen LogP contribution in [-0.4, -0.2) is 32.7 Å². The second kappa shape index (κ2) is 8.13. The molecule has 7 nitrogen and oxygen atoms in total. The Labute approximate surface area is 161 Å². The van der Waals surface area contributed by atoms with Crippen molar-refractivity contribution in [1.29, 1.82) is 0 Å². The van der Waals surface area contributed by atoms with Gasteiger partial charge in [0, 0.05) is 23.1 Å². The molecule has 1 aromatic carbocycles. The summed E-state index contributed by atoms with van der Waals surface area (Å²) in [5.74, 6) is -0.504. The minimum absolute atomic E-state index is 0.0968. The van der Waals surface area contributed by atoms with Gasteiger partial charge in [0.25, 0.3) is 5.91 Å². The molecule has 1 amide bonds. The minimum Gasteiger partial charge on any atom is -0.448 e. The van der Waals surface area contributed by atoms with Crippen LogP contribution >= 0.6 is 11.3 Å². The van der Waals surface area contributed by atoms with Crippen LogP contribution in [0.3, 0.4) is 0 Å². The van der Waals surface area contributed by atoms with Crippen molar-refractivity contribution in [2.45, 2.75) is 32.9 Å². The summed E-state index contributed by atoms with van der Waals surface area (Å²) in [6.45, 7) is 5.44. The van der Waals surface area contributed by atoms with Crippen LogP contribution in [0.25, 0.3) is 10.6 Å². The molecule has 0 saturated carbocycles. The standard InChI is InChI=1S/C19H20N4O3S/c1-12(2)23-16(9-10-20-23)22-17(24)13(3)26-19(25)15-11-27-18(21-15)14-7-5-4-6-8-14/h4-13H,1-3H3,(H,22,24)/t13-/m0/s1. The average Bonchev–Trinajstić information content (AvgIpc) is 3.32. The largest absolute Gasteiger partial charge is 0.448 e. The van der Waals surface area contributed by atoms with E-state index in [0.29, 0.717) is 5.82 Å². The number of hydrogen-bond donors (Lipinski definition) is 1.